The van der Waals surface area contributed by atoms with Crippen molar-refractivity contribution in [1.82, 2.24) is 0 Å². The van der Waals surface area contributed by atoms with E-state index in [1.165, 1.54) is 49.4 Å². The number of nitrogens with one attached hydrogen (secondary N) is 1. The molecule has 2 rings (SSSR count). The number of anilines is 1. The zero-order valence-electron chi connectivity index (χ0n) is 12.2. The van der Waals surface area contributed by atoms with E-state index in [2.05, 4.69) is 12.2 Å². The Morgan fingerprint density at radius 1 is 1.10 bits per heavy atom. The van der Waals surface area contributed by atoms with Crippen LogP contribution in [-0.4, -0.2) is 5.91 Å². The minimum atomic E-state index is -0.214. The van der Waals surface area contributed by atoms with Crippen molar-refractivity contribution in [2.45, 2.75) is 32.6 Å². The van der Waals surface area contributed by atoms with Gasteiger partial charge in [-0.1, -0.05) is 31.9 Å². The zero-order valence-corrected chi connectivity index (χ0v) is 12.2. The Morgan fingerprint density at radius 2 is 1.76 bits per heavy atom. The Bertz CT molecular complexity index is 577. The molecule has 1 amide bonds. The molecular weight excluding hydrogens is 264 g/mol. The lowest BCUT2D eigenvalue weighted by Crippen LogP contribution is -2.25. The Morgan fingerprint density at radius 3 is 2.38 bits per heavy atom. The molecule has 0 saturated carbocycles. The molecule has 1 heterocycles. The standard InChI is InChI=1S/C17H20N2O2/c1-2-3-4-5-14-6-8-16(9-7-14)18-17(20)15-10-12-19(21)13-11-15/h6-13H,2-5H2,1H3,(H,18,20). The number of carbonyl (C=O) groups is 1. The molecule has 110 valence electrons. The number of aryl methyl sites for hydroxylation is 1. The van der Waals surface area contributed by atoms with Crippen molar-refractivity contribution in [2.75, 3.05) is 5.32 Å². The van der Waals surface area contributed by atoms with Gasteiger partial charge in [-0.25, -0.2) is 0 Å². The third-order valence-electron chi connectivity index (χ3n) is 3.35. The number of pyridine rings is 1. The molecule has 21 heavy (non-hydrogen) atoms. The van der Waals surface area contributed by atoms with Crippen LogP contribution in [0.2, 0.25) is 0 Å². The van der Waals surface area contributed by atoms with Crippen molar-refractivity contribution in [2.24, 2.45) is 0 Å². The normalized spacial score (nSPS) is 10.3. The van der Waals surface area contributed by atoms with Crippen molar-refractivity contribution < 1.29 is 9.52 Å². The van der Waals surface area contributed by atoms with Gasteiger partial charge >= 0.3 is 0 Å². The lowest BCUT2D eigenvalue weighted by atomic mass is 10.1. The maximum Gasteiger partial charge on any atom is 0.256 e. The van der Waals surface area contributed by atoms with Crippen LogP contribution in [0.4, 0.5) is 5.69 Å². The van der Waals surface area contributed by atoms with Gasteiger partial charge in [0, 0.05) is 17.8 Å². The van der Waals surface area contributed by atoms with Crippen molar-refractivity contribution in [3.05, 3.63) is 65.1 Å². The van der Waals surface area contributed by atoms with E-state index in [1.807, 2.05) is 24.3 Å². The van der Waals surface area contributed by atoms with Crippen LogP contribution in [0, 0.1) is 5.21 Å². The third kappa shape index (κ3) is 4.60. The topological polar surface area (TPSA) is 56.0 Å². The first-order chi connectivity index (χ1) is 10.2. The van der Waals surface area contributed by atoms with Crippen molar-refractivity contribution in [3.63, 3.8) is 0 Å². The summed E-state index contributed by atoms with van der Waals surface area (Å²) in [5, 5.41) is 13.8. The Balaban J connectivity index is 1.93. The largest absolute Gasteiger partial charge is 0.619 e. The lowest BCUT2D eigenvalue weighted by molar-refractivity contribution is -0.605. The summed E-state index contributed by atoms with van der Waals surface area (Å²) in [6.45, 7) is 2.19. The van der Waals surface area contributed by atoms with Gasteiger partial charge in [0.2, 0.25) is 0 Å². The average molecular weight is 284 g/mol. The second-order valence-electron chi connectivity index (χ2n) is 5.05. The molecule has 1 aromatic heterocycles. The number of amides is 1. The first-order valence-electron chi connectivity index (χ1n) is 7.28. The molecule has 0 aliphatic carbocycles. The molecule has 4 nitrogen and oxygen atoms in total. The fraction of sp³-hybridized carbons (Fsp3) is 0.294. The van der Waals surface area contributed by atoms with Crippen molar-refractivity contribution >= 4 is 11.6 Å². The quantitative estimate of drug-likeness (QED) is 0.502. The lowest BCUT2D eigenvalue weighted by Gasteiger charge is -2.06. The first kappa shape index (κ1) is 15.0. The van der Waals surface area contributed by atoms with E-state index in [0.29, 0.717) is 10.3 Å². The van der Waals surface area contributed by atoms with Gasteiger partial charge in [-0.2, -0.15) is 4.73 Å². The van der Waals surface area contributed by atoms with Crippen LogP contribution in [0.5, 0.6) is 0 Å². The summed E-state index contributed by atoms with van der Waals surface area (Å²) >= 11 is 0. The molecular formula is C17H20N2O2. The third-order valence-corrected chi connectivity index (χ3v) is 3.35. The predicted molar refractivity (Wildman–Crippen MR) is 83.0 cm³/mol. The summed E-state index contributed by atoms with van der Waals surface area (Å²) in [6.07, 6.45) is 7.35. The van der Waals surface area contributed by atoms with Crippen molar-refractivity contribution in [1.29, 1.82) is 0 Å². The van der Waals surface area contributed by atoms with E-state index in [-0.39, 0.29) is 5.91 Å². The Hall–Kier alpha value is -2.36. The van der Waals surface area contributed by atoms with Gasteiger partial charge in [-0.3, -0.25) is 4.79 Å². The van der Waals surface area contributed by atoms with E-state index in [1.54, 1.807) is 0 Å². The smallest absolute Gasteiger partial charge is 0.256 e. The summed E-state index contributed by atoms with van der Waals surface area (Å²) in [6, 6.07) is 10.9. The monoisotopic (exact) mass is 284 g/mol. The first-order valence-corrected chi connectivity index (χ1v) is 7.28. The molecule has 4 heteroatoms. The summed E-state index contributed by atoms with van der Waals surface area (Å²) < 4.78 is 0.655. The van der Waals surface area contributed by atoms with E-state index >= 15 is 0 Å². The number of hydrogen-bond acceptors (Lipinski definition) is 2. The summed E-state index contributed by atoms with van der Waals surface area (Å²) in [5.41, 5.74) is 2.51. The van der Waals surface area contributed by atoms with E-state index in [9.17, 15) is 10.0 Å². The van der Waals surface area contributed by atoms with Crippen LogP contribution in [0.25, 0.3) is 0 Å². The summed E-state index contributed by atoms with van der Waals surface area (Å²) in [4.78, 5) is 12.0. The molecule has 0 atom stereocenters. The second-order valence-corrected chi connectivity index (χ2v) is 5.05. The number of aromatic nitrogens is 1. The molecule has 0 aliphatic rings. The highest BCUT2D eigenvalue weighted by Crippen LogP contribution is 2.13. The highest BCUT2D eigenvalue weighted by Gasteiger charge is 2.07. The maximum atomic E-state index is 12.0. The van der Waals surface area contributed by atoms with Gasteiger partial charge in [0.1, 0.15) is 0 Å². The van der Waals surface area contributed by atoms with Crippen LogP contribution in [0.1, 0.15) is 42.1 Å². The summed E-state index contributed by atoms with van der Waals surface area (Å²) in [5.74, 6) is -0.214. The minimum absolute atomic E-state index is 0.214. The minimum Gasteiger partial charge on any atom is -0.619 e. The van der Waals surface area contributed by atoms with Crippen LogP contribution in [0.15, 0.2) is 48.8 Å². The second kappa shape index (κ2) is 7.43. The van der Waals surface area contributed by atoms with E-state index < -0.39 is 0 Å². The Kier molecular flexibility index (Phi) is 5.32. The van der Waals surface area contributed by atoms with Gasteiger partial charge in [0.25, 0.3) is 5.91 Å². The number of benzene rings is 1. The maximum absolute atomic E-state index is 12.0. The molecule has 0 radical (unpaired) electrons. The van der Waals surface area contributed by atoms with Crippen LogP contribution < -0.4 is 10.0 Å². The van der Waals surface area contributed by atoms with Gasteiger partial charge in [-0.05, 0) is 30.5 Å². The van der Waals surface area contributed by atoms with Crippen LogP contribution >= 0.6 is 0 Å². The fourth-order valence-corrected chi connectivity index (χ4v) is 2.10. The number of hydrogen-bond donors (Lipinski definition) is 1. The van der Waals surface area contributed by atoms with E-state index in [4.69, 9.17) is 0 Å². The molecule has 1 N–H and O–H groups in total. The van der Waals surface area contributed by atoms with Crippen LogP contribution in [0.3, 0.4) is 0 Å². The fourth-order valence-electron chi connectivity index (χ4n) is 2.10. The van der Waals surface area contributed by atoms with Gasteiger partial charge in [0.15, 0.2) is 12.4 Å². The van der Waals surface area contributed by atoms with Gasteiger partial charge in [0.05, 0.1) is 5.56 Å². The number of nitrogens with zero attached hydrogens (tertiary/aromatic N) is 1. The zero-order chi connectivity index (χ0) is 15.1. The number of rotatable bonds is 6. The van der Waals surface area contributed by atoms with E-state index in [0.717, 1.165) is 12.1 Å². The average Bonchev–Trinajstić information content (AvgIpc) is 2.50. The molecule has 0 aliphatic heterocycles. The number of carbonyl (C=O) groups excluding carboxylic acids is 1. The Labute approximate surface area is 125 Å². The molecule has 0 unspecified atom stereocenters. The SMILES string of the molecule is CCCCCc1ccc(NC(=O)c2cc[n+]([O-])cc2)cc1. The number of unbranched alkanes of at least 4 members (excludes halogenated alkanes) is 2. The molecule has 2 aromatic rings. The van der Waals surface area contributed by atoms with Crippen LogP contribution in [-0.2, 0) is 6.42 Å². The molecule has 0 spiro atoms. The molecule has 0 saturated heterocycles. The molecule has 0 bridgehead atoms. The van der Waals surface area contributed by atoms with Gasteiger partial charge in [-0.15, -0.1) is 0 Å². The highest BCUT2D eigenvalue weighted by atomic mass is 16.5. The molecule has 0 fully saturated rings. The van der Waals surface area contributed by atoms with Crippen molar-refractivity contribution in [3.8, 4) is 0 Å². The molecule has 1 aromatic carbocycles. The predicted octanol–water partition coefficient (Wildman–Crippen LogP) is 3.31. The summed E-state index contributed by atoms with van der Waals surface area (Å²) in [7, 11) is 0. The van der Waals surface area contributed by atoms with Gasteiger partial charge < -0.3 is 10.5 Å². The highest BCUT2D eigenvalue weighted by molar-refractivity contribution is 6.04.